The van der Waals surface area contributed by atoms with Crippen molar-refractivity contribution in [3.8, 4) is 0 Å². The van der Waals surface area contributed by atoms with E-state index < -0.39 is 17.1 Å². The maximum absolute atomic E-state index is 12.0. The fraction of sp³-hybridized carbons (Fsp3) is 0.833. The lowest BCUT2D eigenvalue weighted by Gasteiger charge is -2.25. The van der Waals surface area contributed by atoms with Gasteiger partial charge in [0.2, 0.25) is 5.78 Å². The average molecular weight is 169 g/mol. The first-order chi connectivity index (χ1) is 4.52. The Morgan fingerprint density at radius 3 is 2.10 bits per heavy atom. The SMILES string of the molecule is O=C(C1CCC1)C(F)(F)Cl. The van der Waals surface area contributed by atoms with Gasteiger partial charge in [-0.25, -0.2) is 0 Å². The molecule has 0 heterocycles. The molecule has 1 fully saturated rings. The van der Waals surface area contributed by atoms with Crippen molar-refractivity contribution < 1.29 is 13.6 Å². The first kappa shape index (κ1) is 7.92. The van der Waals surface area contributed by atoms with Gasteiger partial charge in [0.05, 0.1) is 0 Å². The molecule has 0 amide bonds. The van der Waals surface area contributed by atoms with E-state index in [-0.39, 0.29) is 0 Å². The molecule has 0 spiro atoms. The van der Waals surface area contributed by atoms with E-state index in [9.17, 15) is 13.6 Å². The molecule has 1 nitrogen and oxygen atoms in total. The summed E-state index contributed by atoms with van der Waals surface area (Å²) in [5.41, 5.74) is 0. The van der Waals surface area contributed by atoms with Crippen LogP contribution in [-0.2, 0) is 4.79 Å². The molecular weight excluding hydrogens is 162 g/mol. The predicted octanol–water partition coefficient (Wildman–Crippen LogP) is 2.19. The molecule has 1 aliphatic carbocycles. The lowest BCUT2D eigenvalue weighted by molar-refractivity contribution is -0.140. The summed E-state index contributed by atoms with van der Waals surface area (Å²) in [6.45, 7) is 0. The Balaban J connectivity index is 2.48. The predicted molar refractivity (Wildman–Crippen MR) is 33.1 cm³/mol. The molecule has 1 rings (SSSR count). The topological polar surface area (TPSA) is 17.1 Å². The van der Waals surface area contributed by atoms with Crippen molar-refractivity contribution in [3.05, 3.63) is 0 Å². The summed E-state index contributed by atoms with van der Waals surface area (Å²) in [6.07, 6.45) is 2.01. The van der Waals surface area contributed by atoms with Crippen LogP contribution in [0.2, 0.25) is 0 Å². The molecule has 1 aliphatic rings. The highest BCUT2D eigenvalue weighted by atomic mass is 35.5. The zero-order valence-electron chi connectivity index (χ0n) is 5.24. The van der Waals surface area contributed by atoms with Crippen molar-refractivity contribution in [2.45, 2.75) is 24.6 Å². The van der Waals surface area contributed by atoms with E-state index in [1.54, 1.807) is 0 Å². The van der Waals surface area contributed by atoms with Gasteiger partial charge >= 0.3 is 5.38 Å². The van der Waals surface area contributed by atoms with Gasteiger partial charge in [0.15, 0.2) is 0 Å². The van der Waals surface area contributed by atoms with Gasteiger partial charge in [-0.1, -0.05) is 6.42 Å². The van der Waals surface area contributed by atoms with Crippen LogP contribution in [0.3, 0.4) is 0 Å². The first-order valence-electron chi connectivity index (χ1n) is 3.13. The highest BCUT2D eigenvalue weighted by Crippen LogP contribution is 2.34. The minimum Gasteiger partial charge on any atom is -0.291 e. The van der Waals surface area contributed by atoms with Crippen molar-refractivity contribution in [3.63, 3.8) is 0 Å². The van der Waals surface area contributed by atoms with Gasteiger partial charge in [-0.3, -0.25) is 4.79 Å². The zero-order chi connectivity index (χ0) is 7.78. The van der Waals surface area contributed by atoms with E-state index in [0.717, 1.165) is 6.42 Å². The minimum atomic E-state index is -3.63. The standard InChI is InChI=1S/C6H7ClF2O/c7-6(8,9)5(10)4-2-1-3-4/h4H,1-3H2. The number of Topliss-reactive ketones (excluding diaryl/α,β-unsaturated/α-hetero) is 1. The molecule has 0 aromatic heterocycles. The van der Waals surface area contributed by atoms with Crippen molar-refractivity contribution in [1.82, 2.24) is 0 Å². The van der Waals surface area contributed by atoms with E-state index >= 15 is 0 Å². The Bertz CT molecular complexity index is 148. The quantitative estimate of drug-likeness (QED) is 0.578. The van der Waals surface area contributed by atoms with E-state index in [4.69, 9.17) is 0 Å². The third kappa shape index (κ3) is 1.45. The van der Waals surface area contributed by atoms with Crippen LogP contribution in [0.25, 0.3) is 0 Å². The monoisotopic (exact) mass is 168 g/mol. The highest BCUT2D eigenvalue weighted by Gasteiger charge is 2.42. The second-order valence-electron chi connectivity index (χ2n) is 2.49. The van der Waals surface area contributed by atoms with Crippen LogP contribution in [0.1, 0.15) is 19.3 Å². The molecule has 10 heavy (non-hydrogen) atoms. The Morgan fingerprint density at radius 2 is 2.00 bits per heavy atom. The molecule has 58 valence electrons. The van der Waals surface area contributed by atoms with Crippen LogP contribution in [0.4, 0.5) is 8.78 Å². The van der Waals surface area contributed by atoms with Crippen molar-refractivity contribution >= 4 is 17.4 Å². The normalized spacial score (nSPS) is 20.3. The van der Waals surface area contributed by atoms with Crippen LogP contribution in [0, 0.1) is 5.92 Å². The van der Waals surface area contributed by atoms with Crippen LogP contribution < -0.4 is 0 Å². The Hall–Kier alpha value is -0.180. The lowest BCUT2D eigenvalue weighted by atomic mass is 9.82. The smallest absolute Gasteiger partial charge is 0.291 e. The largest absolute Gasteiger partial charge is 0.380 e. The summed E-state index contributed by atoms with van der Waals surface area (Å²) in [6, 6.07) is 0. The Morgan fingerprint density at radius 1 is 1.50 bits per heavy atom. The molecule has 0 aromatic rings. The first-order valence-corrected chi connectivity index (χ1v) is 3.50. The van der Waals surface area contributed by atoms with Gasteiger partial charge in [-0.2, -0.15) is 8.78 Å². The van der Waals surface area contributed by atoms with Crippen LogP contribution in [0.5, 0.6) is 0 Å². The molecular formula is C6H7ClF2O. The number of rotatable bonds is 2. The molecule has 4 heteroatoms. The van der Waals surface area contributed by atoms with Crippen molar-refractivity contribution in [1.29, 1.82) is 0 Å². The summed E-state index contributed by atoms with van der Waals surface area (Å²) < 4.78 is 24.0. The van der Waals surface area contributed by atoms with E-state index in [1.807, 2.05) is 0 Å². The number of carbonyl (C=O) groups excluding carboxylic acids is 1. The molecule has 0 saturated heterocycles. The molecule has 0 aliphatic heterocycles. The summed E-state index contributed by atoms with van der Waals surface area (Å²) in [5.74, 6) is -1.59. The number of carbonyl (C=O) groups is 1. The fourth-order valence-electron chi connectivity index (χ4n) is 0.902. The van der Waals surface area contributed by atoms with Gasteiger partial charge in [0.1, 0.15) is 0 Å². The van der Waals surface area contributed by atoms with Gasteiger partial charge in [0, 0.05) is 5.92 Å². The van der Waals surface area contributed by atoms with Crippen molar-refractivity contribution in [2.24, 2.45) is 5.92 Å². The third-order valence-corrected chi connectivity index (χ3v) is 1.94. The second kappa shape index (κ2) is 2.46. The number of hydrogen-bond acceptors (Lipinski definition) is 1. The maximum Gasteiger partial charge on any atom is 0.380 e. The molecule has 0 radical (unpaired) electrons. The van der Waals surface area contributed by atoms with E-state index in [1.165, 1.54) is 0 Å². The summed E-state index contributed by atoms with van der Waals surface area (Å²) in [4.78, 5) is 10.6. The highest BCUT2D eigenvalue weighted by molar-refractivity contribution is 6.32. The van der Waals surface area contributed by atoms with Gasteiger partial charge in [-0.15, -0.1) is 0 Å². The molecule has 0 atom stereocenters. The Kier molecular flexibility index (Phi) is 1.95. The van der Waals surface area contributed by atoms with Crippen LogP contribution in [-0.4, -0.2) is 11.2 Å². The van der Waals surface area contributed by atoms with E-state index in [0.29, 0.717) is 12.8 Å². The van der Waals surface area contributed by atoms with Crippen LogP contribution >= 0.6 is 11.6 Å². The number of alkyl halides is 3. The van der Waals surface area contributed by atoms with Gasteiger partial charge in [-0.05, 0) is 24.4 Å². The molecule has 0 aromatic carbocycles. The maximum atomic E-state index is 12.0. The molecule has 1 saturated carbocycles. The minimum absolute atomic E-state index is 0.479. The van der Waals surface area contributed by atoms with E-state index in [2.05, 4.69) is 11.6 Å². The third-order valence-electron chi connectivity index (χ3n) is 1.76. The summed E-state index contributed by atoms with van der Waals surface area (Å²) in [5, 5.41) is -3.63. The summed E-state index contributed by atoms with van der Waals surface area (Å²) >= 11 is 4.51. The number of halogens is 3. The second-order valence-corrected chi connectivity index (χ2v) is 2.96. The van der Waals surface area contributed by atoms with Crippen LogP contribution in [0.15, 0.2) is 0 Å². The Labute approximate surface area is 62.4 Å². The van der Waals surface area contributed by atoms with Gasteiger partial charge < -0.3 is 0 Å². The fourth-order valence-corrected chi connectivity index (χ4v) is 1.06. The van der Waals surface area contributed by atoms with Crippen molar-refractivity contribution in [2.75, 3.05) is 0 Å². The molecule has 0 unspecified atom stereocenters. The van der Waals surface area contributed by atoms with Gasteiger partial charge in [0.25, 0.3) is 0 Å². The summed E-state index contributed by atoms with van der Waals surface area (Å²) in [7, 11) is 0. The number of ketones is 1. The molecule has 0 N–H and O–H groups in total. The average Bonchev–Trinajstić information content (AvgIpc) is 1.57. The lowest BCUT2D eigenvalue weighted by Crippen LogP contribution is -2.33. The number of hydrogen-bond donors (Lipinski definition) is 0. The molecule has 0 bridgehead atoms. The zero-order valence-corrected chi connectivity index (χ0v) is 6.00.